The average Bonchev–Trinajstić information content (AvgIpc) is 3.71. The molecular weight excluding hydrogens is 804 g/mol. The van der Waals surface area contributed by atoms with Crippen LogP contribution >= 0.6 is 0 Å². The molecule has 8 amide bonds. The molecule has 23 nitrogen and oxygen atoms in total. The third-order valence-corrected chi connectivity index (χ3v) is 9.63. The number of likely N-dealkylation sites (tertiary alicyclic amines) is 1. The van der Waals surface area contributed by atoms with Crippen LogP contribution in [-0.2, 0) is 54.4 Å². The fourth-order valence-electron chi connectivity index (χ4n) is 6.21. The van der Waals surface area contributed by atoms with Crippen molar-refractivity contribution in [1.82, 2.24) is 36.8 Å². The fourth-order valence-corrected chi connectivity index (χ4v) is 6.21. The lowest BCUT2D eigenvalue weighted by molar-refractivity contribution is -0.150. The molecule has 0 unspecified atom stereocenters. The van der Waals surface area contributed by atoms with Crippen LogP contribution in [0.15, 0.2) is 30.3 Å². The van der Waals surface area contributed by atoms with Crippen LogP contribution < -0.4 is 49.1 Å². The highest BCUT2D eigenvalue weighted by Gasteiger charge is 2.39. The second kappa shape index (κ2) is 25.4. The summed E-state index contributed by atoms with van der Waals surface area (Å²) in [6, 6.07) is -1.62. The number of benzene rings is 1. The summed E-state index contributed by atoms with van der Waals surface area (Å²) in [4.78, 5) is 129. The van der Waals surface area contributed by atoms with E-state index in [1.54, 1.807) is 44.2 Å². The van der Waals surface area contributed by atoms with E-state index in [-0.39, 0.29) is 38.3 Å². The van der Waals surface area contributed by atoms with E-state index in [1.807, 2.05) is 0 Å². The van der Waals surface area contributed by atoms with Crippen molar-refractivity contribution in [1.29, 1.82) is 0 Å². The number of carboxylic acids is 2. The van der Waals surface area contributed by atoms with Gasteiger partial charge in [-0.1, -0.05) is 44.2 Å². The first kappa shape index (κ1) is 50.9. The van der Waals surface area contributed by atoms with Crippen LogP contribution in [-0.4, -0.2) is 148 Å². The fraction of sp³-hybridized carbons (Fsp3) is 0.579. The van der Waals surface area contributed by atoms with Gasteiger partial charge in [-0.05, 0) is 50.1 Å². The van der Waals surface area contributed by atoms with Gasteiger partial charge in [-0.2, -0.15) is 0 Å². The maximum absolute atomic E-state index is 13.8. The number of carbonyl (C=O) groups is 10. The van der Waals surface area contributed by atoms with E-state index >= 15 is 0 Å². The first-order valence-corrected chi connectivity index (χ1v) is 19.7. The molecule has 1 aromatic carbocycles. The SMILES string of the molecule is CC(C)[C@H](N)C(=O)N[C@@H](CC(N)=O)C(=O)N[C@@H](CO)C(=O)NCC(=O)N[C@@H](CCCCN)C(=O)N[C@@H](Cc1ccccc1)C(=O)N[C@@H](CC(=O)O)C(=O)N1CCC[C@H]1C(=O)O. The van der Waals surface area contributed by atoms with E-state index in [0.717, 1.165) is 4.90 Å². The van der Waals surface area contributed by atoms with Crippen LogP contribution in [0.25, 0.3) is 0 Å². The Hall–Kier alpha value is -6.20. The molecule has 1 heterocycles. The Bertz CT molecular complexity index is 1730. The number of nitrogens with one attached hydrogen (secondary N) is 6. The molecule has 1 saturated heterocycles. The molecule has 15 N–H and O–H groups in total. The maximum Gasteiger partial charge on any atom is 0.326 e. The monoisotopic (exact) mass is 862 g/mol. The molecule has 0 bridgehead atoms. The van der Waals surface area contributed by atoms with Gasteiger partial charge in [0, 0.05) is 13.0 Å². The number of unbranched alkanes of at least 4 members (excludes halogenated alkanes) is 1. The number of nitrogens with zero attached hydrogens (tertiary/aromatic N) is 1. The number of hydrogen-bond donors (Lipinski definition) is 12. The predicted molar refractivity (Wildman–Crippen MR) is 214 cm³/mol. The lowest BCUT2D eigenvalue weighted by Crippen LogP contribution is -2.59. The lowest BCUT2D eigenvalue weighted by atomic mass is 10.0. The number of carboxylic acid groups (broad SMARTS) is 2. The van der Waals surface area contributed by atoms with E-state index in [4.69, 9.17) is 17.2 Å². The number of primary amides is 1. The second-order valence-corrected chi connectivity index (χ2v) is 14.8. The Morgan fingerprint density at radius 2 is 1.34 bits per heavy atom. The topological polar surface area (TPSA) is 385 Å². The zero-order chi connectivity index (χ0) is 45.8. The standard InChI is InChI=1S/C38H58N10O13/c1-20(2)31(41)36(58)45-24(16-28(40)50)35(57)47-26(19-49)32(54)42-18-29(51)43-22(11-6-7-13-39)33(55)44-23(15-21-9-4-3-5-10-21)34(56)46-25(17-30(52)53)37(59)48-14-8-12-27(48)38(60)61/h3-5,9-10,20,22-27,31,49H,6-8,11-19,39,41H2,1-2H3,(H2,40,50)(H,42,54)(H,43,51)(H,44,55)(H,45,58)(H,46,56)(H,47,57)(H,52,53)(H,60,61)/t22-,23-,24-,25-,26-,27-,31-/m0/s1. The second-order valence-electron chi connectivity index (χ2n) is 14.8. The maximum atomic E-state index is 13.8. The number of aliphatic hydroxyl groups excluding tert-OH is 1. The van der Waals surface area contributed by atoms with E-state index in [2.05, 4.69) is 31.9 Å². The first-order valence-electron chi connectivity index (χ1n) is 19.7. The van der Waals surface area contributed by atoms with Gasteiger partial charge in [-0.15, -0.1) is 0 Å². The molecular formula is C38H58N10O13. The summed E-state index contributed by atoms with van der Waals surface area (Å²) >= 11 is 0. The van der Waals surface area contributed by atoms with Gasteiger partial charge in [-0.3, -0.25) is 43.2 Å². The molecule has 0 radical (unpaired) electrons. The van der Waals surface area contributed by atoms with Gasteiger partial charge in [0.25, 0.3) is 0 Å². The Morgan fingerprint density at radius 3 is 1.92 bits per heavy atom. The summed E-state index contributed by atoms with van der Waals surface area (Å²) in [5, 5.41) is 43.1. The summed E-state index contributed by atoms with van der Waals surface area (Å²) in [6.07, 6.45) is -0.495. The molecule has 0 aromatic heterocycles. The average molecular weight is 863 g/mol. The van der Waals surface area contributed by atoms with Crippen LogP contribution in [0.1, 0.15) is 64.4 Å². The highest BCUT2D eigenvalue weighted by Crippen LogP contribution is 2.19. The third kappa shape index (κ3) is 17.1. The van der Waals surface area contributed by atoms with Crippen molar-refractivity contribution in [2.75, 3.05) is 26.2 Å². The Balaban J connectivity index is 2.23. The number of carbonyl (C=O) groups excluding carboxylic acids is 8. The molecule has 0 spiro atoms. The number of hydrogen-bond acceptors (Lipinski definition) is 13. The van der Waals surface area contributed by atoms with Gasteiger partial charge in [-0.25, -0.2) is 4.79 Å². The minimum absolute atomic E-state index is 0.00316. The van der Waals surface area contributed by atoms with E-state index in [9.17, 15) is 63.3 Å². The lowest BCUT2D eigenvalue weighted by Gasteiger charge is -2.28. The zero-order valence-electron chi connectivity index (χ0n) is 34.1. The highest BCUT2D eigenvalue weighted by molar-refractivity contribution is 5.98. The van der Waals surface area contributed by atoms with E-state index in [0.29, 0.717) is 24.8 Å². The van der Waals surface area contributed by atoms with Crippen LogP contribution in [0.2, 0.25) is 0 Å². The highest BCUT2D eigenvalue weighted by atomic mass is 16.4. The van der Waals surface area contributed by atoms with Crippen molar-refractivity contribution in [3.05, 3.63) is 35.9 Å². The summed E-state index contributed by atoms with van der Waals surface area (Å²) in [7, 11) is 0. The van der Waals surface area contributed by atoms with Crippen molar-refractivity contribution in [2.24, 2.45) is 23.1 Å². The van der Waals surface area contributed by atoms with Crippen LogP contribution in [0.4, 0.5) is 0 Å². The smallest absolute Gasteiger partial charge is 0.326 e. The number of nitrogens with two attached hydrogens (primary N) is 3. The Morgan fingerprint density at radius 1 is 0.754 bits per heavy atom. The summed E-state index contributed by atoms with van der Waals surface area (Å²) < 4.78 is 0. The summed E-state index contributed by atoms with van der Waals surface area (Å²) in [6.45, 7) is 1.80. The van der Waals surface area contributed by atoms with Crippen molar-refractivity contribution in [3.63, 3.8) is 0 Å². The molecule has 1 aromatic rings. The molecule has 1 fully saturated rings. The Kier molecular flexibility index (Phi) is 21.2. The number of aliphatic hydroxyl groups is 1. The van der Waals surface area contributed by atoms with Crippen molar-refractivity contribution in [2.45, 2.75) is 108 Å². The quantitative estimate of drug-likeness (QED) is 0.0390. The molecule has 7 atom stereocenters. The zero-order valence-corrected chi connectivity index (χ0v) is 34.1. The van der Waals surface area contributed by atoms with Gasteiger partial charge < -0.3 is 69.3 Å². The first-order chi connectivity index (χ1) is 28.8. The van der Waals surface area contributed by atoms with E-state index in [1.165, 1.54) is 0 Å². The Labute approximate surface area is 351 Å². The molecule has 0 aliphatic carbocycles. The molecule has 1 aliphatic rings. The summed E-state index contributed by atoms with van der Waals surface area (Å²) in [5.41, 5.74) is 17.2. The molecule has 0 saturated carbocycles. The van der Waals surface area contributed by atoms with Crippen molar-refractivity contribution >= 4 is 59.2 Å². The van der Waals surface area contributed by atoms with Crippen molar-refractivity contribution < 1.29 is 63.3 Å². The number of aliphatic carboxylic acids is 2. The summed E-state index contributed by atoms with van der Waals surface area (Å²) in [5.74, 6) is -10.6. The number of rotatable bonds is 26. The van der Waals surface area contributed by atoms with E-state index < -0.39 is 127 Å². The van der Waals surface area contributed by atoms with Gasteiger partial charge >= 0.3 is 11.9 Å². The predicted octanol–water partition coefficient (Wildman–Crippen LogP) is -4.70. The normalized spacial score (nSPS) is 16.4. The largest absolute Gasteiger partial charge is 0.481 e. The number of amides is 8. The molecule has 23 heteroatoms. The molecule has 338 valence electrons. The third-order valence-electron chi connectivity index (χ3n) is 9.63. The molecule has 1 aliphatic heterocycles. The van der Waals surface area contributed by atoms with Gasteiger partial charge in [0.2, 0.25) is 47.3 Å². The minimum atomic E-state index is -1.69. The van der Waals surface area contributed by atoms with Crippen molar-refractivity contribution in [3.8, 4) is 0 Å². The van der Waals surface area contributed by atoms with Crippen LogP contribution in [0.5, 0.6) is 0 Å². The van der Waals surface area contributed by atoms with Crippen LogP contribution in [0.3, 0.4) is 0 Å². The molecule has 61 heavy (non-hydrogen) atoms. The van der Waals surface area contributed by atoms with Crippen LogP contribution in [0, 0.1) is 5.92 Å². The van der Waals surface area contributed by atoms with Gasteiger partial charge in [0.05, 0.1) is 32.0 Å². The molecule has 2 rings (SSSR count). The van der Waals surface area contributed by atoms with Gasteiger partial charge in [0.15, 0.2) is 0 Å². The minimum Gasteiger partial charge on any atom is -0.481 e. The van der Waals surface area contributed by atoms with Gasteiger partial charge in [0.1, 0.15) is 36.3 Å².